The molecular formula is C14H28N2. The first-order chi connectivity index (χ1) is 7.85. The fourth-order valence-electron chi connectivity index (χ4n) is 3.73. The number of rotatable bonds is 4. The molecule has 0 radical (unpaired) electrons. The van der Waals surface area contributed by atoms with E-state index in [0.717, 1.165) is 24.5 Å². The van der Waals surface area contributed by atoms with E-state index in [1.807, 2.05) is 0 Å². The van der Waals surface area contributed by atoms with Gasteiger partial charge in [0.2, 0.25) is 0 Å². The van der Waals surface area contributed by atoms with Crippen LogP contribution in [0.3, 0.4) is 0 Å². The highest BCUT2D eigenvalue weighted by Crippen LogP contribution is 2.35. The van der Waals surface area contributed by atoms with E-state index in [1.165, 1.54) is 57.9 Å². The van der Waals surface area contributed by atoms with Crippen molar-refractivity contribution in [1.82, 2.24) is 4.90 Å². The molecule has 94 valence electrons. The molecule has 1 saturated carbocycles. The third-order valence-corrected chi connectivity index (χ3v) is 4.73. The van der Waals surface area contributed by atoms with Crippen LogP contribution in [0.25, 0.3) is 0 Å². The van der Waals surface area contributed by atoms with Gasteiger partial charge in [0.15, 0.2) is 0 Å². The number of hydrogen-bond acceptors (Lipinski definition) is 2. The lowest BCUT2D eigenvalue weighted by atomic mass is 9.96. The van der Waals surface area contributed by atoms with Crippen molar-refractivity contribution < 1.29 is 0 Å². The summed E-state index contributed by atoms with van der Waals surface area (Å²) in [5, 5.41) is 0. The van der Waals surface area contributed by atoms with Gasteiger partial charge in [-0.2, -0.15) is 0 Å². The second kappa shape index (κ2) is 6.02. The quantitative estimate of drug-likeness (QED) is 0.795. The number of nitrogens with two attached hydrogens (primary N) is 1. The highest BCUT2D eigenvalue weighted by Gasteiger charge is 2.33. The molecule has 3 atom stereocenters. The van der Waals surface area contributed by atoms with Crippen LogP contribution in [0, 0.1) is 5.92 Å². The molecule has 3 unspecified atom stereocenters. The maximum Gasteiger partial charge on any atom is 0.0110 e. The number of nitrogens with zero attached hydrogens (tertiary/aromatic N) is 1. The Bertz CT molecular complexity index is 203. The molecule has 2 heteroatoms. The lowest BCUT2D eigenvalue weighted by molar-refractivity contribution is 0.0904. The van der Waals surface area contributed by atoms with Gasteiger partial charge in [-0.15, -0.1) is 0 Å². The van der Waals surface area contributed by atoms with Gasteiger partial charge >= 0.3 is 0 Å². The van der Waals surface area contributed by atoms with Crippen molar-refractivity contribution in [2.24, 2.45) is 11.7 Å². The van der Waals surface area contributed by atoms with Gasteiger partial charge in [-0.3, -0.25) is 4.90 Å². The Kier molecular flexibility index (Phi) is 4.66. The van der Waals surface area contributed by atoms with Crippen LogP contribution in [-0.2, 0) is 0 Å². The van der Waals surface area contributed by atoms with Crippen LogP contribution in [0.4, 0.5) is 0 Å². The summed E-state index contributed by atoms with van der Waals surface area (Å²) in [5.41, 5.74) is 5.75. The Hall–Kier alpha value is -0.0800. The van der Waals surface area contributed by atoms with Crippen LogP contribution >= 0.6 is 0 Å². The number of hydrogen-bond donors (Lipinski definition) is 1. The smallest absolute Gasteiger partial charge is 0.0110 e. The number of likely N-dealkylation sites (tertiary alicyclic amines) is 1. The van der Waals surface area contributed by atoms with E-state index in [4.69, 9.17) is 5.73 Å². The van der Waals surface area contributed by atoms with Gasteiger partial charge in [0, 0.05) is 12.1 Å². The van der Waals surface area contributed by atoms with Gasteiger partial charge in [0.1, 0.15) is 0 Å². The molecule has 2 rings (SSSR count). The van der Waals surface area contributed by atoms with Gasteiger partial charge < -0.3 is 5.73 Å². The van der Waals surface area contributed by atoms with Crippen molar-refractivity contribution in [1.29, 1.82) is 0 Å². The first kappa shape index (κ1) is 12.4. The van der Waals surface area contributed by atoms with E-state index in [9.17, 15) is 0 Å². The monoisotopic (exact) mass is 224 g/mol. The third kappa shape index (κ3) is 2.78. The fourth-order valence-corrected chi connectivity index (χ4v) is 3.73. The zero-order chi connectivity index (χ0) is 11.4. The van der Waals surface area contributed by atoms with Crippen LogP contribution < -0.4 is 5.73 Å². The summed E-state index contributed by atoms with van der Waals surface area (Å²) < 4.78 is 0. The molecule has 1 heterocycles. The second-order valence-corrected chi connectivity index (χ2v) is 5.71. The van der Waals surface area contributed by atoms with Crippen LogP contribution in [-0.4, -0.2) is 30.1 Å². The van der Waals surface area contributed by atoms with Crippen molar-refractivity contribution in [2.45, 2.75) is 70.4 Å². The molecule has 0 aromatic carbocycles. The van der Waals surface area contributed by atoms with Crippen molar-refractivity contribution in [3.05, 3.63) is 0 Å². The Labute approximate surface area is 101 Å². The van der Waals surface area contributed by atoms with E-state index in [0.29, 0.717) is 0 Å². The molecule has 0 aromatic heterocycles. The molecule has 16 heavy (non-hydrogen) atoms. The summed E-state index contributed by atoms with van der Waals surface area (Å²) in [7, 11) is 0. The minimum Gasteiger partial charge on any atom is -0.330 e. The molecule has 2 nitrogen and oxygen atoms in total. The molecular weight excluding hydrogens is 196 g/mol. The summed E-state index contributed by atoms with van der Waals surface area (Å²) in [6.45, 7) is 4.55. The lowest BCUT2D eigenvalue weighted by Crippen LogP contribution is -2.46. The summed E-state index contributed by atoms with van der Waals surface area (Å²) in [6, 6.07) is 1.70. The van der Waals surface area contributed by atoms with Gasteiger partial charge in [0.05, 0.1) is 0 Å². The second-order valence-electron chi connectivity index (χ2n) is 5.71. The predicted molar refractivity (Wildman–Crippen MR) is 69.4 cm³/mol. The molecule has 1 saturated heterocycles. The van der Waals surface area contributed by atoms with Crippen molar-refractivity contribution in [3.63, 3.8) is 0 Å². The highest BCUT2D eigenvalue weighted by molar-refractivity contribution is 4.88. The molecule has 1 aliphatic heterocycles. The Morgan fingerprint density at radius 2 is 2.06 bits per heavy atom. The first-order valence-corrected chi connectivity index (χ1v) is 7.31. The van der Waals surface area contributed by atoms with Crippen molar-refractivity contribution in [3.8, 4) is 0 Å². The Morgan fingerprint density at radius 1 is 1.19 bits per heavy atom. The average Bonchev–Trinajstić information content (AvgIpc) is 2.79. The zero-order valence-corrected chi connectivity index (χ0v) is 10.8. The summed E-state index contributed by atoms with van der Waals surface area (Å²) in [6.07, 6.45) is 11.2. The maximum absolute atomic E-state index is 5.75. The molecule has 2 N–H and O–H groups in total. The zero-order valence-electron chi connectivity index (χ0n) is 10.8. The van der Waals surface area contributed by atoms with Crippen LogP contribution in [0.2, 0.25) is 0 Å². The summed E-state index contributed by atoms with van der Waals surface area (Å²) in [4.78, 5) is 2.81. The normalized spacial score (nSPS) is 36.8. The number of piperidine rings is 1. The van der Waals surface area contributed by atoms with Crippen LogP contribution in [0.15, 0.2) is 0 Å². The summed E-state index contributed by atoms with van der Waals surface area (Å²) in [5.74, 6) is 1.01. The standard InChI is InChI=1S/C14H28N2/c1-2-12-6-7-14(11-12)16-10-4-3-5-13(16)8-9-15/h12-14H,2-11,15H2,1H3. The van der Waals surface area contributed by atoms with E-state index in [2.05, 4.69) is 11.8 Å². The molecule has 2 aliphatic rings. The lowest BCUT2D eigenvalue weighted by Gasteiger charge is -2.40. The van der Waals surface area contributed by atoms with Crippen LogP contribution in [0.5, 0.6) is 0 Å². The van der Waals surface area contributed by atoms with Gasteiger partial charge in [-0.25, -0.2) is 0 Å². The van der Waals surface area contributed by atoms with Gasteiger partial charge in [-0.1, -0.05) is 19.8 Å². The van der Waals surface area contributed by atoms with E-state index >= 15 is 0 Å². The average molecular weight is 224 g/mol. The highest BCUT2D eigenvalue weighted by atomic mass is 15.2. The van der Waals surface area contributed by atoms with E-state index < -0.39 is 0 Å². The maximum atomic E-state index is 5.75. The summed E-state index contributed by atoms with van der Waals surface area (Å²) >= 11 is 0. The molecule has 0 bridgehead atoms. The van der Waals surface area contributed by atoms with Crippen molar-refractivity contribution in [2.75, 3.05) is 13.1 Å². The minimum atomic E-state index is 0.805. The minimum absolute atomic E-state index is 0.805. The molecule has 0 aromatic rings. The first-order valence-electron chi connectivity index (χ1n) is 7.31. The van der Waals surface area contributed by atoms with Crippen LogP contribution in [0.1, 0.15) is 58.3 Å². The molecule has 0 spiro atoms. The third-order valence-electron chi connectivity index (χ3n) is 4.73. The van der Waals surface area contributed by atoms with Crippen molar-refractivity contribution >= 4 is 0 Å². The Morgan fingerprint density at radius 3 is 2.75 bits per heavy atom. The molecule has 2 fully saturated rings. The van der Waals surface area contributed by atoms with E-state index in [-0.39, 0.29) is 0 Å². The van der Waals surface area contributed by atoms with E-state index in [1.54, 1.807) is 0 Å². The molecule has 0 amide bonds. The van der Waals surface area contributed by atoms with Gasteiger partial charge in [0.25, 0.3) is 0 Å². The predicted octanol–water partition coefficient (Wildman–Crippen LogP) is 2.77. The SMILES string of the molecule is CCC1CCC(N2CCCCC2CCN)C1. The topological polar surface area (TPSA) is 29.3 Å². The fraction of sp³-hybridized carbons (Fsp3) is 1.00. The Balaban J connectivity index is 1.90. The molecule has 1 aliphatic carbocycles. The largest absolute Gasteiger partial charge is 0.330 e. The van der Waals surface area contributed by atoms with Gasteiger partial charge in [-0.05, 0) is 57.5 Å².